The van der Waals surface area contributed by atoms with E-state index in [4.69, 9.17) is 4.74 Å². The van der Waals surface area contributed by atoms with Gasteiger partial charge < -0.3 is 20.3 Å². The molecule has 3 amide bonds. The molecule has 0 bridgehead atoms. The van der Waals surface area contributed by atoms with Crippen LogP contribution in [-0.2, 0) is 16.1 Å². The van der Waals surface area contributed by atoms with Gasteiger partial charge in [0.15, 0.2) is 0 Å². The van der Waals surface area contributed by atoms with E-state index in [-0.39, 0.29) is 18.5 Å². The molecule has 27 heavy (non-hydrogen) atoms. The van der Waals surface area contributed by atoms with Crippen LogP contribution in [0.25, 0.3) is 0 Å². The summed E-state index contributed by atoms with van der Waals surface area (Å²) < 4.78 is 4.85. The molecule has 1 heterocycles. The van der Waals surface area contributed by atoms with Gasteiger partial charge in [0.05, 0.1) is 6.54 Å². The van der Waals surface area contributed by atoms with Crippen LogP contribution in [0.15, 0.2) is 29.6 Å². The third-order valence-electron chi connectivity index (χ3n) is 4.66. The van der Waals surface area contributed by atoms with E-state index in [9.17, 15) is 9.59 Å². The predicted octanol–water partition coefficient (Wildman–Crippen LogP) is 4.15. The molecule has 0 radical (unpaired) electrons. The van der Waals surface area contributed by atoms with Crippen molar-refractivity contribution in [3.63, 3.8) is 0 Å². The number of hydrogen-bond acceptors (Lipinski definition) is 4. The topological polar surface area (TPSA) is 70.7 Å². The number of anilines is 2. The zero-order valence-corrected chi connectivity index (χ0v) is 16.7. The summed E-state index contributed by atoms with van der Waals surface area (Å²) in [6, 6.07) is 7.76. The van der Waals surface area contributed by atoms with Gasteiger partial charge in [-0.1, -0.05) is 6.07 Å². The Labute approximate surface area is 163 Å². The number of amides is 3. The number of methoxy groups -OCH3 is 1. The van der Waals surface area contributed by atoms with E-state index < -0.39 is 0 Å². The average Bonchev–Trinajstić information content (AvgIpc) is 3.39. The van der Waals surface area contributed by atoms with Crippen molar-refractivity contribution in [3.8, 4) is 0 Å². The molecule has 0 unspecified atom stereocenters. The Morgan fingerprint density at radius 3 is 2.48 bits per heavy atom. The van der Waals surface area contributed by atoms with E-state index in [0.717, 1.165) is 18.4 Å². The van der Waals surface area contributed by atoms with Crippen LogP contribution >= 0.6 is 11.3 Å². The number of ether oxygens (including phenoxy) is 1. The first-order valence-corrected chi connectivity index (χ1v) is 9.86. The molecule has 0 atom stereocenters. The first kappa shape index (κ1) is 19.4. The number of carbonyl (C=O) groups is 2. The summed E-state index contributed by atoms with van der Waals surface area (Å²) in [4.78, 5) is 27.8. The zero-order valence-electron chi connectivity index (χ0n) is 15.9. The molecule has 2 aromatic rings. The van der Waals surface area contributed by atoms with Gasteiger partial charge >= 0.3 is 6.03 Å². The van der Waals surface area contributed by atoms with Gasteiger partial charge in [0, 0.05) is 29.4 Å². The molecule has 7 heteroatoms. The molecule has 1 aliphatic rings. The second-order valence-corrected chi connectivity index (χ2v) is 7.78. The molecule has 144 valence electrons. The number of urea groups is 1. The Kier molecular flexibility index (Phi) is 6.13. The monoisotopic (exact) mass is 387 g/mol. The van der Waals surface area contributed by atoms with Crippen LogP contribution in [0.2, 0.25) is 0 Å². The van der Waals surface area contributed by atoms with Crippen LogP contribution in [0.3, 0.4) is 0 Å². The Morgan fingerprint density at radius 2 is 1.89 bits per heavy atom. The highest BCUT2D eigenvalue weighted by atomic mass is 32.1. The maximum absolute atomic E-state index is 12.9. The van der Waals surface area contributed by atoms with Gasteiger partial charge in [0.25, 0.3) is 0 Å². The van der Waals surface area contributed by atoms with Crippen LogP contribution in [0, 0.1) is 13.8 Å². The quantitative estimate of drug-likeness (QED) is 0.750. The van der Waals surface area contributed by atoms with E-state index >= 15 is 0 Å². The van der Waals surface area contributed by atoms with Crippen LogP contribution in [0.1, 0.15) is 28.8 Å². The zero-order chi connectivity index (χ0) is 19.4. The molecule has 6 nitrogen and oxygen atoms in total. The summed E-state index contributed by atoms with van der Waals surface area (Å²) in [7, 11) is 1.48. The van der Waals surface area contributed by atoms with Crippen LogP contribution in [0.4, 0.5) is 16.2 Å². The van der Waals surface area contributed by atoms with Gasteiger partial charge in [-0.25, -0.2) is 4.79 Å². The van der Waals surface area contributed by atoms with Crippen molar-refractivity contribution < 1.29 is 14.3 Å². The number of hydrogen-bond donors (Lipinski definition) is 2. The summed E-state index contributed by atoms with van der Waals surface area (Å²) in [6.07, 6.45) is 2.09. The number of thiophene rings is 1. The minimum atomic E-state index is -0.225. The number of nitrogens with one attached hydrogen (secondary N) is 2. The lowest BCUT2D eigenvalue weighted by Crippen LogP contribution is -2.36. The lowest BCUT2D eigenvalue weighted by atomic mass is 10.1. The van der Waals surface area contributed by atoms with Crippen molar-refractivity contribution in [2.75, 3.05) is 24.4 Å². The molecule has 1 aromatic heterocycles. The fraction of sp³-hybridized carbons (Fsp3) is 0.400. The van der Waals surface area contributed by atoms with Crippen molar-refractivity contribution in [1.82, 2.24) is 4.90 Å². The molecule has 0 saturated heterocycles. The summed E-state index contributed by atoms with van der Waals surface area (Å²) >= 11 is 1.68. The van der Waals surface area contributed by atoms with E-state index in [1.807, 2.05) is 30.0 Å². The molecule has 0 spiro atoms. The average molecular weight is 388 g/mol. The summed E-state index contributed by atoms with van der Waals surface area (Å²) in [5, 5.41) is 7.88. The SMILES string of the molecule is COCC(=O)Nc1cccc(NC(=O)N(Cc2sccc2C)C2CC2)c1C. The fourth-order valence-corrected chi connectivity index (χ4v) is 3.79. The van der Waals surface area contributed by atoms with Gasteiger partial charge in [0.1, 0.15) is 6.61 Å². The van der Waals surface area contributed by atoms with Crippen molar-refractivity contribution >= 4 is 34.6 Å². The maximum Gasteiger partial charge on any atom is 0.322 e. The first-order chi connectivity index (χ1) is 13.0. The van der Waals surface area contributed by atoms with E-state index in [1.54, 1.807) is 11.3 Å². The van der Waals surface area contributed by atoms with Crippen molar-refractivity contribution in [2.24, 2.45) is 0 Å². The highest BCUT2D eigenvalue weighted by Crippen LogP contribution is 2.31. The lowest BCUT2D eigenvalue weighted by molar-refractivity contribution is -0.119. The number of rotatable bonds is 7. The maximum atomic E-state index is 12.9. The van der Waals surface area contributed by atoms with Gasteiger partial charge in [-0.3, -0.25) is 4.79 Å². The summed E-state index contributed by atoms with van der Waals surface area (Å²) in [5.41, 5.74) is 3.40. The molecule has 1 aliphatic carbocycles. The molecule has 1 aromatic carbocycles. The highest BCUT2D eigenvalue weighted by molar-refractivity contribution is 7.10. The number of benzene rings is 1. The molecule has 1 fully saturated rings. The standard InChI is InChI=1S/C20H25N3O3S/c1-13-9-10-27-18(13)11-23(15-7-8-15)20(25)22-17-6-4-5-16(14(17)2)21-19(24)12-26-3/h4-6,9-10,15H,7-8,11-12H2,1-3H3,(H,21,24)(H,22,25). The van der Waals surface area contributed by atoms with Crippen LogP contribution < -0.4 is 10.6 Å². The number of nitrogens with zero attached hydrogens (tertiary/aromatic N) is 1. The Bertz CT molecular complexity index is 830. The van der Waals surface area contributed by atoms with Crippen molar-refractivity contribution in [3.05, 3.63) is 45.6 Å². The van der Waals surface area contributed by atoms with E-state index in [0.29, 0.717) is 24.0 Å². The van der Waals surface area contributed by atoms with E-state index in [2.05, 4.69) is 29.0 Å². The summed E-state index contributed by atoms with van der Waals surface area (Å²) in [5.74, 6) is -0.225. The Morgan fingerprint density at radius 1 is 1.19 bits per heavy atom. The molecular weight excluding hydrogens is 362 g/mol. The minimum absolute atomic E-state index is 0.00828. The first-order valence-electron chi connectivity index (χ1n) is 8.98. The molecule has 2 N–H and O–H groups in total. The summed E-state index contributed by atoms with van der Waals surface area (Å²) in [6.45, 7) is 4.57. The molecule has 3 rings (SSSR count). The van der Waals surface area contributed by atoms with Gasteiger partial charge in [-0.05, 0) is 61.4 Å². The highest BCUT2D eigenvalue weighted by Gasteiger charge is 2.33. The predicted molar refractivity (Wildman–Crippen MR) is 108 cm³/mol. The van der Waals surface area contributed by atoms with Crippen LogP contribution in [-0.4, -0.2) is 36.6 Å². The fourth-order valence-electron chi connectivity index (χ4n) is 2.88. The van der Waals surface area contributed by atoms with Gasteiger partial charge in [-0.15, -0.1) is 11.3 Å². The minimum Gasteiger partial charge on any atom is -0.375 e. The largest absolute Gasteiger partial charge is 0.375 e. The van der Waals surface area contributed by atoms with E-state index in [1.165, 1.54) is 17.6 Å². The van der Waals surface area contributed by atoms with Gasteiger partial charge in [0.2, 0.25) is 5.91 Å². The van der Waals surface area contributed by atoms with Crippen LogP contribution in [0.5, 0.6) is 0 Å². The second kappa shape index (κ2) is 8.54. The molecular formula is C20H25N3O3S. The van der Waals surface area contributed by atoms with Crippen molar-refractivity contribution in [2.45, 2.75) is 39.3 Å². The third kappa shape index (κ3) is 4.87. The second-order valence-electron chi connectivity index (χ2n) is 6.78. The molecule has 0 aliphatic heterocycles. The Balaban J connectivity index is 1.72. The Hall–Kier alpha value is -2.38. The normalized spacial score (nSPS) is 13.3. The van der Waals surface area contributed by atoms with Crippen molar-refractivity contribution in [1.29, 1.82) is 0 Å². The number of carbonyl (C=O) groups excluding carboxylic acids is 2. The number of aryl methyl sites for hydroxylation is 1. The lowest BCUT2D eigenvalue weighted by Gasteiger charge is -2.23. The third-order valence-corrected chi connectivity index (χ3v) is 5.66. The molecule has 1 saturated carbocycles. The van der Waals surface area contributed by atoms with Gasteiger partial charge in [-0.2, -0.15) is 0 Å². The smallest absolute Gasteiger partial charge is 0.322 e.